The van der Waals surface area contributed by atoms with Crippen LogP contribution in [-0.2, 0) is 17.5 Å². The quantitative estimate of drug-likeness (QED) is 0.845. The highest BCUT2D eigenvalue weighted by Gasteiger charge is 2.29. The molecule has 3 nitrogen and oxygen atoms in total. The molecule has 2 N–H and O–H groups in total. The Morgan fingerprint density at radius 3 is 2.20 bits per heavy atom. The van der Waals surface area contributed by atoms with E-state index in [0.717, 1.165) is 12.1 Å². The predicted octanol–water partition coefficient (Wildman–Crippen LogP) is 3.29. The molecular weight excluding hydrogens is 271 g/mol. The lowest BCUT2D eigenvalue weighted by atomic mass is 10.0. The molecule has 0 aromatic heterocycles. The molecule has 1 unspecified atom stereocenters. The summed E-state index contributed by atoms with van der Waals surface area (Å²) in [4.78, 5) is 11.0. The zero-order chi connectivity index (χ0) is 15.3. The van der Waals surface area contributed by atoms with E-state index >= 15 is 0 Å². The van der Waals surface area contributed by atoms with Gasteiger partial charge in [0.1, 0.15) is 6.04 Å². The molecule has 20 heavy (non-hydrogen) atoms. The Morgan fingerprint density at radius 2 is 1.80 bits per heavy atom. The third-order valence-corrected chi connectivity index (χ3v) is 2.84. The van der Waals surface area contributed by atoms with E-state index in [2.05, 4.69) is 5.32 Å². The molecule has 0 aliphatic rings. The van der Waals surface area contributed by atoms with E-state index in [1.807, 2.05) is 13.8 Å². The number of hydrogen-bond acceptors (Lipinski definition) is 2. The number of carboxylic acid groups (broad SMARTS) is 1. The van der Waals surface area contributed by atoms with Crippen LogP contribution in [0, 0.1) is 5.92 Å². The Bertz CT molecular complexity index is 441. The number of aliphatic carboxylic acids is 1. The van der Waals surface area contributed by atoms with Crippen LogP contribution in [0.25, 0.3) is 0 Å². The highest BCUT2D eigenvalue weighted by atomic mass is 19.4. The van der Waals surface area contributed by atoms with Gasteiger partial charge in [0.2, 0.25) is 0 Å². The number of carboxylic acids is 1. The first kappa shape index (κ1) is 16.5. The second-order valence-electron chi connectivity index (χ2n) is 5.10. The summed E-state index contributed by atoms with van der Waals surface area (Å²) in [6, 6.07) is 4.00. The maximum atomic E-state index is 12.4. The van der Waals surface area contributed by atoms with Crippen LogP contribution < -0.4 is 5.32 Å². The molecule has 0 aliphatic carbocycles. The van der Waals surface area contributed by atoms with Crippen LogP contribution in [0.4, 0.5) is 13.2 Å². The van der Waals surface area contributed by atoms with Crippen molar-refractivity contribution < 1.29 is 23.1 Å². The van der Waals surface area contributed by atoms with Gasteiger partial charge in [-0.2, -0.15) is 13.2 Å². The van der Waals surface area contributed by atoms with Crippen molar-refractivity contribution in [2.24, 2.45) is 5.92 Å². The van der Waals surface area contributed by atoms with Gasteiger partial charge >= 0.3 is 12.1 Å². The first-order chi connectivity index (χ1) is 9.20. The molecule has 0 bridgehead atoms. The van der Waals surface area contributed by atoms with Gasteiger partial charge in [-0.1, -0.05) is 26.0 Å². The third kappa shape index (κ3) is 5.21. The van der Waals surface area contributed by atoms with E-state index < -0.39 is 23.8 Å². The van der Waals surface area contributed by atoms with E-state index in [0.29, 0.717) is 12.0 Å². The molecule has 0 saturated heterocycles. The fourth-order valence-corrected chi connectivity index (χ4v) is 1.80. The molecule has 1 atom stereocenters. The number of benzene rings is 1. The van der Waals surface area contributed by atoms with Crippen molar-refractivity contribution in [2.75, 3.05) is 0 Å². The molecule has 0 amide bonds. The topological polar surface area (TPSA) is 49.3 Å². The van der Waals surface area contributed by atoms with Gasteiger partial charge in [0.25, 0.3) is 0 Å². The van der Waals surface area contributed by atoms with E-state index in [4.69, 9.17) is 5.11 Å². The predicted molar refractivity (Wildman–Crippen MR) is 69.2 cm³/mol. The minimum Gasteiger partial charge on any atom is -0.480 e. The lowest BCUT2D eigenvalue weighted by Gasteiger charge is -2.16. The molecule has 6 heteroatoms. The first-order valence-corrected chi connectivity index (χ1v) is 6.32. The molecule has 1 aromatic carbocycles. The number of rotatable bonds is 6. The van der Waals surface area contributed by atoms with Gasteiger partial charge in [-0.05, 0) is 30.0 Å². The standard InChI is InChI=1S/C14H18F3NO2/c1-9(2)7-12(13(19)20)18-8-10-3-5-11(6-4-10)14(15,16)17/h3-6,9,12,18H,7-8H2,1-2H3,(H,19,20). The number of hydrogen-bond donors (Lipinski definition) is 2. The minimum atomic E-state index is -4.35. The SMILES string of the molecule is CC(C)CC(NCc1ccc(C(F)(F)F)cc1)C(=O)O. The highest BCUT2D eigenvalue weighted by Crippen LogP contribution is 2.29. The lowest BCUT2D eigenvalue weighted by Crippen LogP contribution is -2.37. The highest BCUT2D eigenvalue weighted by molar-refractivity contribution is 5.73. The van der Waals surface area contributed by atoms with Crippen molar-refractivity contribution in [3.63, 3.8) is 0 Å². The van der Waals surface area contributed by atoms with E-state index in [-0.39, 0.29) is 12.5 Å². The van der Waals surface area contributed by atoms with Crippen LogP contribution in [0.15, 0.2) is 24.3 Å². The van der Waals surface area contributed by atoms with Crippen LogP contribution in [0.3, 0.4) is 0 Å². The van der Waals surface area contributed by atoms with Crippen LogP contribution in [0.1, 0.15) is 31.4 Å². The fraction of sp³-hybridized carbons (Fsp3) is 0.500. The Labute approximate surface area is 115 Å². The van der Waals surface area contributed by atoms with E-state index in [1.165, 1.54) is 12.1 Å². The van der Waals surface area contributed by atoms with Gasteiger partial charge in [0.05, 0.1) is 5.56 Å². The summed E-state index contributed by atoms with van der Waals surface area (Å²) in [5.74, 6) is -0.734. The largest absolute Gasteiger partial charge is 0.480 e. The van der Waals surface area contributed by atoms with Crippen molar-refractivity contribution in [1.82, 2.24) is 5.32 Å². The average Bonchev–Trinajstić information content (AvgIpc) is 2.33. The van der Waals surface area contributed by atoms with Crippen molar-refractivity contribution in [1.29, 1.82) is 0 Å². The Hall–Kier alpha value is -1.56. The number of alkyl halides is 3. The monoisotopic (exact) mass is 289 g/mol. The zero-order valence-electron chi connectivity index (χ0n) is 11.4. The molecule has 1 aromatic rings. The molecule has 112 valence electrons. The van der Waals surface area contributed by atoms with Crippen LogP contribution in [-0.4, -0.2) is 17.1 Å². The van der Waals surface area contributed by atoms with Gasteiger partial charge < -0.3 is 10.4 Å². The summed E-state index contributed by atoms with van der Waals surface area (Å²) >= 11 is 0. The van der Waals surface area contributed by atoms with E-state index in [1.54, 1.807) is 0 Å². The summed E-state index contributed by atoms with van der Waals surface area (Å²) in [6.45, 7) is 4.05. The zero-order valence-corrected chi connectivity index (χ0v) is 11.4. The summed E-state index contributed by atoms with van der Waals surface area (Å²) in [5, 5.41) is 11.9. The van der Waals surface area contributed by atoms with Crippen molar-refractivity contribution >= 4 is 5.97 Å². The summed E-state index contributed by atoms with van der Waals surface area (Å²) in [5.41, 5.74) is -0.0915. The van der Waals surface area contributed by atoms with Crippen LogP contribution >= 0.6 is 0 Å². The summed E-state index contributed by atoms with van der Waals surface area (Å²) in [6.07, 6.45) is -3.89. The fourth-order valence-electron chi connectivity index (χ4n) is 1.80. The maximum Gasteiger partial charge on any atom is 0.416 e. The van der Waals surface area contributed by atoms with Gasteiger partial charge in [0, 0.05) is 6.54 Å². The van der Waals surface area contributed by atoms with Crippen molar-refractivity contribution in [3.05, 3.63) is 35.4 Å². The Morgan fingerprint density at radius 1 is 1.25 bits per heavy atom. The van der Waals surface area contributed by atoms with Gasteiger partial charge in [-0.3, -0.25) is 4.79 Å². The van der Waals surface area contributed by atoms with Gasteiger partial charge in [0.15, 0.2) is 0 Å². The molecule has 0 radical (unpaired) electrons. The molecule has 0 spiro atoms. The minimum absolute atomic E-state index is 0.219. The third-order valence-electron chi connectivity index (χ3n) is 2.84. The lowest BCUT2D eigenvalue weighted by molar-refractivity contribution is -0.140. The number of carbonyl (C=O) groups is 1. The normalized spacial score (nSPS) is 13.5. The van der Waals surface area contributed by atoms with Crippen LogP contribution in [0.2, 0.25) is 0 Å². The van der Waals surface area contributed by atoms with E-state index in [9.17, 15) is 18.0 Å². The molecule has 1 rings (SSSR count). The number of halogens is 3. The molecular formula is C14H18F3NO2. The second kappa shape index (κ2) is 6.74. The second-order valence-corrected chi connectivity index (χ2v) is 5.10. The molecule has 0 fully saturated rings. The van der Waals surface area contributed by atoms with Crippen molar-refractivity contribution in [3.8, 4) is 0 Å². The summed E-state index contributed by atoms with van der Waals surface area (Å²) < 4.78 is 37.2. The molecule has 0 heterocycles. The average molecular weight is 289 g/mol. The Balaban J connectivity index is 2.62. The molecule has 0 aliphatic heterocycles. The van der Waals surface area contributed by atoms with Gasteiger partial charge in [-0.25, -0.2) is 0 Å². The van der Waals surface area contributed by atoms with Gasteiger partial charge in [-0.15, -0.1) is 0 Å². The Kier molecular flexibility index (Phi) is 5.56. The first-order valence-electron chi connectivity index (χ1n) is 6.32. The number of nitrogens with one attached hydrogen (secondary N) is 1. The smallest absolute Gasteiger partial charge is 0.416 e. The molecule has 0 saturated carbocycles. The maximum absolute atomic E-state index is 12.4. The summed E-state index contributed by atoms with van der Waals surface area (Å²) in [7, 11) is 0. The van der Waals surface area contributed by atoms with Crippen LogP contribution in [0.5, 0.6) is 0 Å². The van der Waals surface area contributed by atoms with Crippen molar-refractivity contribution in [2.45, 2.75) is 39.0 Å².